The van der Waals surface area contributed by atoms with Crippen molar-refractivity contribution in [1.29, 1.82) is 0 Å². The van der Waals surface area contributed by atoms with Gasteiger partial charge in [-0.05, 0) is 43.2 Å². The molecule has 0 bridgehead atoms. The summed E-state index contributed by atoms with van der Waals surface area (Å²) in [6, 6.07) is 9.48. The van der Waals surface area contributed by atoms with Crippen molar-refractivity contribution in [2.24, 2.45) is 10.2 Å². The minimum absolute atomic E-state index is 0. The minimum Gasteiger partial charge on any atom is -0.506 e. The van der Waals surface area contributed by atoms with Crippen LogP contribution >= 0.6 is 0 Å². The Morgan fingerprint density at radius 3 is 1.92 bits per heavy atom. The first-order valence-electron chi connectivity index (χ1n) is 7.94. The standard InChI is InChI=1S/C14H13N3O3.2C2H6.V/c1-9-7-12(13(17(19)20)8-10(9)2)16-15-11-5-3-4-6-14(11)18;2*1-2;/h3-8,18H,1-2H3;2*1-2H3;. The number of nitro groups is 1. The number of phenolic OH excluding ortho intramolecular Hbond substituents is 1. The summed E-state index contributed by atoms with van der Waals surface area (Å²) >= 11 is 0. The number of benzene rings is 2. The van der Waals surface area contributed by atoms with Crippen LogP contribution in [0.2, 0.25) is 0 Å². The molecule has 0 saturated heterocycles. The third-order valence-corrected chi connectivity index (χ3v) is 2.93. The minimum atomic E-state index is -0.494. The predicted octanol–water partition coefficient (Wildman–Crippen LogP) is 6.38. The van der Waals surface area contributed by atoms with E-state index in [1.807, 2.05) is 34.6 Å². The molecule has 0 unspecified atom stereocenters. The van der Waals surface area contributed by atoms with Gasteiger partial charge in [0.15, 0.2) is 5.69 Å². The van der Waals surface area contributed by atoms with Gasteiger partial charge in [0.2, 0.25) is 0 Å². The fourth-order valence-corrected chi connectivity index (χ4v) is 1.67. The first-order chi connectivity index (χ1) is 11.5. The Kier molecular flexibility index (Phi) is 13.2. The van der Waals surface area contributed by atoms with Gasteiger partial charge in [0.1, 0.15) is 11.4 Å². The zero-order valence-electron chi connectivity index (χ0n) is 15.5. The fourth-order valence-electron chi connectivity index (χ4n) is 1.67. The van der Waals surface area contributed by atoms with Gasteiger partial charge in [-0.25, -0.2) is 0 Å². The summed E-state index contributed by atoms with van der Waals surface area (Å²) in [6.45, 7) is 11.6. The molecule has 0 aliphatic rings. The summed E-state index contributed by atoms with van der Waals surface area (Å²) in [7, 11) is 0. The first kappa shape index (κ1) is 25.1. The molecule has 0 atom stereocenters. The average Bonchev–Trinajstić information content (AvgIpc) is 2.60. The number of rotatable bonds is 3. The van der Waals surface area contributed by atoms with Crippen molar-refractivity contribution in [3.8, 4) is 5.75 Å². The van der Waals surface area contributed by atoms with Gasteiger partial charge in [-0.2, -0.15) is 0 Å². The van der Waals surface area contributed by atoms with E-state index >= 15 is 0 Å². The average molecular weight is 382 g/mol. The molecule has 0 aliphatic heterocycles. The molecule has 0 aliphatic carbocycles. The zero-order chi connectivity index (χ0) is 18.7. The molecule has 2 aromatic rings. The SMILES string of the molecule is CC.CC.Cc1cc(N=Nc2ccccc2O)c([N+](=O)[O-])cc1C.[V]. The summed E-state index contributed by atoms with van der Waals surface area (Å²) in [5.74, 6) is -0.0252. The van der Waals surface area contributed by atoms with Gasteiger partial charge >= 0.3 is 0 Å². The van der Waals surface area contributed by atoms with Crippen molar-refractivity contribution in [1.82, 2.24) is 0 Å². The smallest absolute Gasteiger partial charge is 0.297 e. The van der Waals surface area contributed by atoms with Crippen molar-refractivity contribution < 1.29 is 28.6 Å². The Balaban J connectivity index is 0. The van der Waals surface area contributed by atoms with Crippen LogP contribution in [0.4, 0.5) is 17.1 Å². The molecule has 0 fully saturated rings. The third kappa shape index (κ3) is 7.50. The maximum Gasteiger partial charge on any atom is 0.297 e. The fraction of sp³-hybridized carbons (Fsp3) is 0.333. The summed E-state index contributed by atoms with van der Waals surface area (Å²) in [5, 5.41) is 28.3. The molecule has 135 valence electrons. The molecule has 25 heavy (non-hydrogen) atoms. The van der Waals surface area contributed by atoms with Crippen molar-refractivity contribution in [3.05, 3.63) is 57.6 Å². The van der Waals surface area contributed by atoms with E-state index in [2.05, 4.69) is 10.2 Å². The van der Waals surface area contributed by atoms with Crippen LogP contribution in [0.15, 0.2) is 46.6 Å². The monoisotopic (exact) mass is 382 g/mol. The second kappa shape index (κ2) is 13.2. The second-order valence-corrected chi connectivity index (χ2v) is 4.37. The van der Waals surface area contributed by atoms with E-state index in [1.165, 1.54) is 12.1 Å². The molecule has 0 saturated carbocycles. The van der Waals surface area contributed by atoms with Gasteiger partial charge in [0.25, 0.3) is 5.69 Å². The number of aryl methyl sites for hydroxylation is 2. The Labute approximate surface area is 161 Å². The van der Waals surface area contributed by atoms with Gasteiger partial charge < -0.3 is 5.11 Å². The van der Waals surface area contributed by atoms with Crippen LogP contribution in [-0.2, 0) is 18.6 Å². The van der Waals surface area contributed by atoms with Crippen molar-refractivity contribution >= 4 is 17.1 Å². The number of para-hydroxylation sites is 1. The van der Waals surface area contributed by atoms with E-state index in [0.717, 1.165) is 11.1 Å². The maximum atomic E-state index is 11.0. The van der Waals surface area contributed by atoms with Gasteiger partial charge in [0, 0.05) is 24.6 Å². The first-order valence-corrected chi connectivity index (χ1v) is 7.94. The van der Waals surface area contributed by atoms with Gasteiger partial charge in [0.05, 0.1) is 4.92 Å². The molecular formula is C18H25N3O3V. The molecule has 2 aromatic carbocycles. The molecule has 0 amide bonds. The van der Waals surface area contributed by atoms with E-state index < -0.39 is 4.92 Å². The number of nitro benzene ring substituents is 1. The normalized spacial score (nSPS) is 9.20. The molecule has 1 radical (unpaired) electrons. The van der Waals surface area contributed by atoms with E-state index in [1.54, 1.807) is 31.2 Å². The summed E-state index contributed by atoms with van der Waals surface area (Å²) < 4.78 is 0. The van der Waals surface area contributed by atoms with Crippen LogP contribution in [0.3, 0.4) is 0 Å². The van der Waals surface area contributed by atoms with Gasteiger partial charge in [-0.1, -0.05) is 39.8 Å². The molecule has 0 aromatic heterocycles. The van der Waals surface area contributed by atoms with Crippen LogP contribution < -0.4 is 0 Å². The van der Waals surface area contributed by atoms with Crippen LogP contribution in [0, 0.1) is 24.0 Å². The zero-order valence-corrected chi connectivity index (χ0v) is 16.9. The summed E-state index contributed by atoms with van der Waals surface area (Å²) in [5.41, 5.74) is 2.04. The number of hydrogen-bond donors (Lipinski definition) is 1. The van der Waals surface area contributed by atoms with Crippen LogP contribution in [0.1, 0.15) is 38.8 Å². The Hall–Kier alpha value is -2.18. The predicted molar refractivity (Wildman–Crippen MR) is 97.5 cm³/mol. The topological polar surface area (TPSA) is 88.1 Å². The number of aromatic hydroxyl groups is 1. The van der Waals surface area contributed by atoms with E-state index in [0.29, 0.717) is 0 Å². The van der Waals surface area contributed by atoms with Gasteiger partial charge in [-0.3, -0.25) is 10.1 Å². The molecule has 6 nitrogen and oxygen atoms in total. The molecular weight excluding hydrogens is 357 g/mol. The number of hydrogen-bond acceptors (Lipinski definition) is 5. The van der Waals surface area contributed by atoms with Crippen LogP contribution in [-0.4, -0.2) is 10.0 Å². The van der Waals surface area contributed by atoms with Gasteiger partial charge in [-0.15, -0.1) is 10.2 Å². The quantitative estimate of drug-likeness (QED) is 0.379. The van der Waals surface area contributed by atoms with E-state index in [4.69, 9.17) is 0 Å². The van der Waals surface area contributed by atoms with Crippen molar-refractivity contribution in [3.63, 3.8) is 0 Å². The summed E-state index contributed by atoms with van der Waals surface area (Å²) in [4.78, 5) is 10.5. The second-order valence-electron chi connectivity index (χ2n) is 4.37. The number of phenols is 1. The Morgan fingerprint density at radius 2 is 1.40 bits per heavy atom. The Bertz CT molecular complexity index is 704. The van der Waals surface area contributed by atoms with Crippen LogP contribution in [0.25, 0.3) is 0 Å². The van der Waals surface area contributed by atoms with Crippen molar-refractivity contribution in [2.45, 2.75) is 41.5 Å². The van der Waals surface area contributed by atoms with E-state index in [9.17, 15) is 15.2 Å². The maximum absolute atomic E-state index is 11.0. The largest absolute Gasteiger partial charge is 0.506 e. The summed E-state index contributed by atoms with van der Waals surface area (Å²) in [6.07, 6.45) is 0. The molecule has 0 heterocycles. The Morgan fingerprint density at radius 1 is 0.920 bits per heavy atom. The molecule has 7 heteroatoms. The molecule has 0 spiro atoms. The third-order valence-electron chi connectivity index (χ3n) is 2.93. The van der Waals surface area contributed by atoms with Crippen LogP contribution in [0.5, 0.6) is 5.75 Å². The number of nitrogens with zero attached hydrogens (tertiary/aromatic N) is 3. The molecule has 2 rings (SSSR count). The van der Waals surface area contributed by atoms with E-state index in [-0.39, 0.29) is 41.4 Å². The van der Waals surface area contributed by atoms with Crippen molar-refractivity contribution in [2.75, 3.05) is 0 Å². The number of azo groups is 1. The molecule has 1 N–H and O–H groups in total.